The van der Waals surface area contributed by atoms with Crippen LogP contribution in [-0.2, 0) is 11.3 Å². The minimum absolute atomic E-state index is 0.177. The van der Waals surface area contributed by atoms with Crippen molar-refractivity contribution in [2.45, 2.75) is 32.9 Å². The maximum absolute atomic E-state index is 12.9. The van der Waals surface area contributed by atoms with Crippen molar-refractivity contribution in [2.24, 2.45) is 0 Å². The Morgan fingerprint density at radius 2 is 1.48 bits per heavy atom. The number of ketones is 2. The van der Waals surface area contributed by atoms with Crippen molar-refractivity contribution in [3.05, 3.63) is 76.9 Å². The van der Waals surface area contributed by atoms with Gasteiger partial charge < -0.3 is 4.90 Å². The molecule has 4 rings (SSSR count). The SMILES string of the molecule is CC(C)(C)N1CN(Cc2ccccc2)CC2=C1c1ccccc1C(=O)C2=O. The third-order valence-corrected chi connectivity index (χ3v) is 5.24. The van der Waals surface area contributed by atoms with Crippen LogP contribution in [-0.4, -0.2) is 40.1 Å². The minimum atomic E-state index is -0.389. The normalized spacial score (nSPS) is 17.8. The Labute approximate surface area is 160 Å². The van der Waals surface area contributed by atoms with Crippen molar-refractivity contribution in [1.29, 1.82) is 0 Å². The van der Waals surface area contributed by atoms with E-state index in [-0.39, 0.29) is 17.1 Å². The van der Waals surface area contributed by atoms with Gasteiger partial charge in [0.05, 0.1) is 12.4 Å². The number of nitrogens with zero attached hydrogens (tertiary/aromatic N) is 2. The zero-order valence-corrected chi connectivity index (χ0v) is 16.0. The van der Waals surface area contributed by atoms with Crippen LogP contribution in [0, 0.1) is 0 Å². The van der Waals surface area contributed by atoms with E-state index in [4.69, 9.17) is 0 Å². The molecule has 0 saturated heterocycles. The first-order chi connectivity index (χ1) is 12.9. The number of carbonyl (C=O) groups is 2. The number of Topliss-reactive ketones (excluding diaryl/α,β-unsaturated/α-hetero) is 2. The van der Waals surface area contributed by atoms with Crippen LogP contribution in [0.3, 0.4) is 0 Å². The predicted molar refractivity (Wildman–Crippen MR) is 106 cm³/mol. The van der Waals surface area contributed by atoms with Crippen molar-refractivity contribution in [1.82, 2.24) is 9.80 Å². The molecule has 0 aromatic heterocycles. The Balaban J connectivity index is 1.80. The number of hydrogen-bond acceptors (Lipinski definition) is 4. The molecule has 0 saturated carbocycles. The second-order valence-electron chi connectivity index (χ2n) is 8.24. The zero-order chi connectivity index (χ0) is 19.2. The Morgan fingerprint density at radius 3 is 2.15 bits per heavy atom. The molecule has 1 aliphatic carbocycles. The fraction of sp³-hybridized carbons (Fsp3) is 0.304. The Kier molecular flexibility index (Phi) is 4.23. The topological polar surface area (TPSA) is 40.6 Å². The molecule has 27 heavy (non-hydrogen) atoms. The molecule has 0 bridgehead atoms. The molecule has 4 heteroatoms. The Bertz CT molecular complexity index is 938. The van der Waals surface area contributed by atoms with E-state index in [1.165, 1.54) is 5.56 Å². The van der Waals surface area contributed by atoms with Gasteiger partial charge in [0.2, 0.25) is 11.6 Å². The lowest BCUT2D eigenvalue weighted by Crippen LogP contribution is -2.53. The van der Waals surface area contributed by atoms with Gasteiger partial charge in [-0.25, -0.2) is 0 Å². The average molecular weight is 360 g/mol. The summed E-state index contributed by atoms with van der Waals surface area (Å²) in [7, 11) is 0. The van der Waals surface area contributed by atoms with Gasteiger partial charge in [-0.2, -0.15) is 0 Å². The third-order valence-electron chi connectivity index (χ3n) is 5.24. The largest absolute Gasteiger partial charge is 0.353 e. The highest BCUT2D eigenvalue weighted by Gasteiger charge is 2.41. The van der Waals surface area contributed by atoms with Crippen molar-refractivity contribution >= 4 is 17.3 Å². The third kappa shape index (κ3) is 3.10. The van der Waals surface area contributed by atoms with Gasteiger partial charge in [0.1, 0.15) is 0 Å². The van der Waals surface area contributed by atoms with Gasteiger partial charge in [-0.15, -0.1) is 0 Å². The number of fused-ring (bicyclic) bond motifs is 2. The maximum atomic E-state index is 12.9. The van der Waals surface area contributed by atoms with Crippen LogP contribution in [0.5, 0.6) is 0 Å². The summed E-state index contributed by atoms with van der Waals surface area (Å²) in [6.07, 6.45) is 0. The number of carbonyl (C=O) groups excluding carboxylic acids is 2. The molecule has 2 aromatic rings. The van der Waals surface area contributed by atoms with E-state index in [0.29, 0.717) is 24.4 Å². The van der Waals surface area contributed by atoms with Crippen LogP contribution < -0.4 is 0 Å². The van der Waals surface area contributed by atoms with Crippen LogP contribution in [0.4, 0.5) is 0 Å². The lowest BCUT2D eigenvalue weighted by Gasteiger charge is -2.48. The fourth-order valence-electron chi connectivity index (χ4n) is 3.91. The monoisotopic (exact) mass is 360 g/mol. The van der Waals surface area contributed by atoms with E-state index in [1.807, 2.05) is 36.4 Å². The molecule has 4 nitrogen and oxygen atoms in total. The molecule has 0 unspecified atom stereocenters. The maximum Gasteiger partial charge on any atom is 0.233 e. The van der Waals surface area contributed by atoms with E-state index in [1.54, 1.807) is 6.07 Å². The molecule has 1 heterocycles. The van der Waals surface area contributed by atoms with Crippen LogP contribution in [0.1, 0.15) is 42.3 Å². The molecule has 2 aromatic carbocycles. The summed E-state index contributed by atoms with van der Waals surface area (Å²) in [5, 5.41) is 0. The van der Waals surface area contributed by atoms with Crippen LogP contribution in [0.25, 0.3) is 5.70 Å². The second-order valence-corrected chi connectivity index (χ2v) is 8.24. The van der Waals surface area contributed by atoms with Gasteiger partial charge >= 0.3 is 0 Å². The van der Waals surface area contributed by atoms with Gasteiger partial charge in [0.15, 0.2) is 0 Å². The van der Waals surface area contributed by atoms with Crippen molar-refractivity contribution in [3.8, 4) is 0 Å². The number of rotatable bonds is 2. The molecule has 0 spiro atoms. The van der Waals surface area contributed by atoms with Gasteiger partial charge in [0.25, 0.3) is 0 Å². The highest BCUT2D eigenvalue weighted by Crippen LogP contribution is 2.39. The second kappa shape index (κ2) is 6.46. The molecule has 2 aliphatic rings. The highest BCUT2D eigenvalue weighted by molar-refractivity contribution is 6.52. The molecule has 0 N–H and O–H groups in total. The molecule has 0 amide bonds. The molecule has 0 radical (unpaired) electrons. The Hall–Kier alpha value is -2.72. The van der Waals surface area contributed by atoms with E-state index in [9.17, 15) is 9.59 Å². The lowest BCUT2D eigenvalue weighted by atomic mass is 9.84. The van der Waals surface area contributed by atoms with E-state index in [0.717, 1.165) is 17.8 Å². The van der Waals surface area contributed by atoms with Crippen molar-refractivity contribution < 1.29 is 9.59 Å². The molecular formula is C23H24N2O2. The number of hydrogen-bond donors (Lipinski definition) is 0. The van der Waals surface area contributed by atoms with Crippen molar-refractivity contribution in [2.75, 3.05) is 13.2 Å². The minimum Gasteiger partial charge on any atom is -0.353 e. The Morgan fingerprint density at radius 1 is 0.852 bits per heavy atom. The van der Waals surface area contributed by atoms with Gasteiger partial charge in [-0.1, -0.05) is 54.6 Å². The van der Waals surface area contributed by atoms with Gasteiger partial charge in [0, 0.05) is 35.3 Å². The molecule has 0 atom stereocenters. The van der Waals surface area contributed by atoms with Crippen LogP contribution >= 0.6 is 0 Å². The summed E-state index contributed by atoms with van der Waals surface area (Å²) in [5.41, 5.74) is 3.97. The summed E-state index contributed by atoms with van der Waals surface area (Å²) >= 11 is 0. The summed E-state index contributed by atoms with van der Waals surface area (Å²) in [4.78, 5) is 30.1. The van der Waals surface area contributed by atoms with Crippen LogP contribution in [0.2, 0.25) is 0 Å². The predicted octanol–water partition coefficient (Wildman–Crippen LogP) is 3.74. The summed E-state index contributed by atoms with van der Waals surface area (Å²) < 4.78 is 0. The van der Waals surface area contributed by atoms with E-state index >= 15 is 0 Å². The first kappa shape index (κ1) is 17.7. The molecule has 1 aliphatic heterocycles. The van der Waals surface area contributed by atoms with E-state index in [2.05, 4.69) is 42.7 Å². The highest BCUT2D eigenvalue weighted by atomic mass is 16.2. The van der Waals surface area contributed by atoms with Gasteiger partial charge in [-0.3, -0.25) is 14.5 Å². The summed E-state index contributed by atoms with van der Waals surface area (Å²) in [6.45, 7) is 8.39. The molecule has 138 valence electrons. The molecule has 0 fully saturated rings. The quantitative estimate of drug-likeness (QED) is 0.765. The summed E-state index contributed by atoms with van der Waals surface area (Å²) in [5.74, 6) is -0.754. The van der Waals surface area contributed by atoms with Gasteiger partial charge in [-0.05, 0) is 26.3 Å². The zero-order valence-electron chi connectivity index (χ0n) is 16.0. The van der Waals surface area contributed by atoms with Crippen LogP contribution in [0.15, 0.2) is 60.2 Å². The first-order valence-electron chi connectivity index (χ1n) is 9.32. The smallest absolute Gasteiger partial charge is 0.233 e. The fourth-order valence-corrected chi connectivity index (χ4v) is 3.91. The number of benzene rings is 2. The standard InChI is InChI=1S/C23H24N2O2/c1-23(2,3)25-15-24(13-16-9-5-4-6-10-16)14-19-20(25)17-11-7-8-12-18(17)21(26)22(19)27/h4-12H,13-15H2,1-3H3. The average Bonchev–Trinajstić information content (AvgIpc) is 2.65. The van der Waals surface area contributed by atoms with Crippen molar-refractivity contribution in [3.63, 3.8) is 0 Å². The first-order valence-corrected chi connectivity index (χ1v) is 9.32. The lowest BCUT2D eigenvalue weighted by molar-refractivity contribution is -0.112. The summed E-state index contributed by atoms with van der Waals surface area (Å²) in [6, 6.07) is 17.7. The van der Waals surface area contributed by atoms with E-state index < -0.39 is 0 Å². The molecular weight excluding hydrogens is 336 g/mol.